The van der Waals surface area contributed by atoms with E-state index in [4.69, 9.17) is 0 Å². The van der Waals surface area contributed by atoms with Crippen LogP contribution < -0.4 is 9.80 Å². The summed E-state index contributed by atoms with van der Waals surface area (Å²) in [5.41, 5.74) is 6.13. The third kappa shape index (κ3) is 3.18. The molecule has 4 nitrogen and oxygen atoms in total. The molecule has 0 aromatic heterocycles. The largest absolute Gasteiger partial charge is 0.368 e. The molecular weight excluding hydrogens is 300 g/mol. The molecule has 3 rings (SSSR count). The van der Waals surface area contributed by atoms with Crippen molar-refractivity contribution in [2.24, 2.45) is 0 Å². The molecule has 0 atom stereocenters. The first-order chi connectivity index (χ1) is 11.6. The van der Waals surface area contributed by atoms with Gasteiger partial charge in [0.1, 0.15) is 12.6 Å². The first-order valence-electron chi connectivity index (χ1n) is 8.24. The molecule has 4 heteroatoms. The van der Waals surface area contributed by atoms with Crippen LogP contribution in [0.3, 0.4) is 0 Å². The van der Waals surface area contributed by atoms with Crippen LogP contribution in [0.1, 0.15) is 31.8 Å². The van der Waals surface area contributed by atoms with Gasteiger partial charge in [0.15, 0.2) is 0 Å². The zero-order chi connectivity index (χ0) is 17.1. The molecule has 0 radical (unpaired) electrons. The lowest BCUT2D eigenvalue weighted by molar-refractivity contribution is 0.111. The molecule has 1 saturated heterocycles. The van der Waals surface area contributed by atoms with Crippen molar-refractivity contribution in [3.8, 4) is 0 Å². The fourth-order valence-corrected chi connectivity index (χ4v) is 3.40. The van der Waals surface area contributed by atoms with Crippen molar-refractivity contribution in [1.29, 1.82) is 0 Å². The molecule has 1 aliphatic rings. The van der Waals surface area contributed by atoms with Gasteiger partial charge in [-0.2, -0.15) is 0 Å². The van der Waals surface area contributed by atoms with Crippen LogP contribution in [-0.4, -0.2) is 38.8 Å². The maximum atomic E-state index is 10.9. The van der Waals surface area contributed by atoms with Crippen molar-refractivity contribution in [3.05, 3.63) is 58.7 Å². The molecule has 0 aliphatic carbocycles. The van der Waals surface area contributed by atoms with Gasteiger partial charge in [-0.25, -0.2) is 0 Å². The number of aldehydes is 2. The highest BCUT2D eigenvalue weighted by Crippen LogP contribution is 2.26. The van der Waals surface area contributed by atoms with Crippen LogP contribution in [0.4, 0.5) is 11.4 Å². The van der Waals surface area contributed by atoms with E-state index in [2.05, 4.69) is 23.6 Å². The number of hydrogen-bond acceptors (Lipinski definition) is 4. The zero-order valence-corrected chi connectivity index (χ0v) is 14.2. The number of carbonyl (C=O) groups is 2. The van der Waals surface area contributed by atoms with Crippen LogP contribution in [0.25, 0.3) is 0 Å². The lowest BCUT2D eigenvalue weighted by Crippen LogP contribution is -2.47. The van der Waals surface area contributed by atoms with Crippen molar-refractivity contribution in [1.82, 2.24) is 0 Å². The minimum absolute atomic E-state index is 0.723. The van der Waals surface area contributed by atoms with Crippen LogP contribution in [0, 0.1) is 13.8 Å². The molecule has 0 bridgehead atoms. The number of nitrogens with zero attached hydrogens (tertiary/aromatic N) is 2. The van der Waals surface area contributed by atoms with Gasteiger partial charge in [-0.15, -0.1) is 0 Å². The highest BCUT2D eigenvalue weighted by molar-refractivity contribution is 5.78. The van der Waals surface area contributed by atoms with E-state index in [0.717, 1.165) is 61.0 Å². The molecule has 2 aromatic carbocycles. The zero-order valence-electron chi connectivity index (χ0n) is 14.2. The minimum Gasteiger partial charge on any atom is -0.368 e. The van der Waals surface area contributed by atoms with E-state index in [0.29, 0.717) is 0 Å². The predicted octanol–water partition coefficient (Wildman–Crippen LogP) is 3.26. The normalized spacial score (nSPS) is 14.6. The summed E-state index contributed by atoms with van der Waals surface area (Å²) in [6.45, 7) is 7.87. The average molecular weight is 322 g/mol. The Kier molecular flexibility index (Phi) is 4.65. The Morgan fingerprint density at radius 2 is 1.08 bits per heavy atom. The Balaban J connectivity index is 1.72. The molecule has 124 valence electrons. The van der Waals surface area contributed by atoms with Crippen LogP contribution >= 0.6 is 0 Å². The second-order valence-corrected chi connectivity index (χ2v) is 6.30. The van der Waals surface area contributed by atoms with E-state index in [9.17, 15) is 9.59 Å². The Morgan fingerprint density at radius 1 is 0.708 bits per heavy atom. The summed E-state index contributed by atoms with van der Waals surface area (Å²) in [7, 11) is 0. The first kappa shape index (κ1) is 16.2. The first-order valence-corrected chi connectivity index (χ1v) is 8.24. The third-order valence-electron chi connectivity index (χ3n) is 4.67. The standard InChI is InChI=1S/C20H22N2O2/c1-15-11-17(13-23)3-5-19(15)21-7-9-22(10-8-21)20-6-4-18(14-24)12-16(20)2/h3-6,11-14H,7-10H2,1-2H3. The summed E-state index contributed by atoms with van der Waals surface area (Å²) >= 11 is 0. The van der Waals surface area contributed by atoms with E-state index >= 15 is 0 Å². The van der Waals surface area contributed by atoms with Gasteiger partial charge < -0.3 is 9.80 Å². The third-order valence-corrected chi connectivity index (χ3v) is 4.67. The second kappa shape index (κ2) is 6.87. The summed E-state index contributed by atoms with van der Waals surface area (Å²) in [4.78, 5) is 26.5. The Labute approximate surface area is 142 Å². The van der Waals surface area contributed by atoms with Crippen molar-refractivity contribution in [2.45, 2.75) is 13.8 Å². The van der Waals surface area contributed by atoms with Crippen molar-refractivity contribution < 1.29 is 9.59 Å². The molecule has 1 aliphatic heterocycles. The van der Waals surface area contributed by atoms with E-state index in [1.807, 2.05) is 36.4 Å². The lowest BCUT2D eigenvalue weighted by Gasteiger charge is -2.38. The molecule has 0 unspecified atom stereocenters. The van der Waals surface area contributed by atoms with E-state index in [-0.39, 0.29) is 0 Å². The topological polar surface area (TPSA) is 40.6 Å². The number of rotatable bonds is 4. The van der Waals surface area contributed by atoms with Gasteiger partial charge in [0.2, 0.25) is 0 Å². The molecule has 1 heterocycles. The van der Waals surface area contributed by atoms with Gasteiger partial charge in [-0.05, 0) is 61.4 Å². The molecule has 0 saturated carbocycles. The number of piperazine rings is 1. The van der Waals surface area contributed by atoms with Crippen molar-refractivity contribution >= 4 is 23.9 Å². The van der Waals surface area contributed by atoms with Crippen molar-refractivity contribution in [2.75, 3.05) is 36.0 Å². The van der Waals surface area contributed by atoms with E-state index < -0.39 is 0 Å². The smallest absolute Gasteiger partial charge is 0.150 e. The van der Waals surface area contributed by atoms with E-state index in [1.54, 1.807) is 0 Å². The van der Waals surface area contributed by atoms with Crippen LogP contribution in [0.15, 0.2) is 36.4 Å². The van der Waals surface area contributed by atoms with Crippen LogP contribution in [-0.2, 0) is 0 Å². The van der Waals surface area contributed by atoms with E-state index in [1.165, 1.54) is 11.4 Å². The summed E-state index contributed by atoms with van der Waals surface area (Å²) in [5, 5.41) is 0. The Morgan fingerprint density at radius 3 is 1.38 bits per heavy atom. The van der Waals surface area contributed by atoms with Crippen LogP contribution in [0.2, 0.25) is 0 Å². The lowest BCUT2D eigenvalue weighted by atomic mass is 10.1. The molecule has 0 spiro atoms. The van der Waals surface area contributed by atoms with Gasteiger partial charge >= 0.3 is 0 Å². The van der Waals surface area contributed by atoms with Gasteiger partial charge in [0.05, 0.1) is 0 Å². The quantitative estimate of drug-likeness (QED) is 0.810. The molecule has 24 heavy (non-hydrogen) atoms. The van der Waals surface area contributed by atoms with Gasteiger partial charge in [-0.1, -0.05) is 0 Å². The SMILES string of the molecule is Cc1cc(C=O)ccc1N1CCN(c2ccc(C=O)cc2C)CC1. The minimum atomic E-state index is 0.723. The van der Waals surface area contributed by atoms with Crippen LogP contribution in [0.5, 0.6) is 0 Å². The summed E-state index contributed by atoms with van der Waals surface area (Å²) in [6, 6.07) is 11.7. The van der Waals surface area contributed by atoms with Gasteiger partial charge in [0.25, 0.3) is 0 Å². The maximum Gasteiger partial charge on any atom is 0.150 e. The molecule has 1 fully saturated rings. The average Bonchev–Trinajstić information content (AvgIpc) is 2.61. The summed E-state index contributed by atoms with van der Waals surface area (Å²) in [5.74, 6) is 0. The molecule has 0 N–H and O–H groups in total. The van der Waals surface area contributed by atoms with Crippen molar-refractivity contribution in [3.63, 3.8) is 0 Å². The highest BCUT2D eigenvalue weighted by atomic mass is 16.1. The molecule has 0 amide bonds. The van der Waals surface area contributed by atoms with Gasteiger partial charge in [-0.3, -0.25) is 9.59 Å². The summed E-state index contributed by atoms with van der Waals surface area (Å²) < 4.78 is 0. The number of hydrogen-bond donors (Lipinski definition) is 0. The monoisotopic (exact) mass is 322 g/mol. The highest BCUT2D eigenvalue weighted by Gasteiger charge is 2.19. The summed E-state index contributed by atoms with van der Waals surface area (Å²) in [6.07, 6.45) is 1.78. The Hall–Kier alpha value is -2.62. The number of benzene rings is 2. The Bertz CT molecular complexity index is 697. The number of carbonyl (C=O) groups excluding carboxylic acids is 2. The molecular formula is C20H22N2O2. The maximum absolute atomic E-state index is 10.9. The van der Waals surface area contributed by atoms with Gasteiger partial charge in [0, 0.05) is 48.7 Å². The molecule has 2 aromatic rings. The fourth-order valence-electron chi connectivity index (χ4n) is 3.40. The number of anilines is 2. The fraction of sp³-hybridized carbons (Fsp3) is 0.300. The predicted molar refractivity (Wildman–Crippen MR) is 97.6 cm³/mol. The number of aryl methyl sites for hydroxylation is 2. The second-order valence-electron chi connectivity index (χ2n) is 6.30.